The first kappa shape index (κ1) is 17.8. The van der Waals surface area contributed by atoms with Gasteiger partial charge in [-0.3, -0.25) is 4.79 Å². The number of hydrogen-bond acceptors (Lipinski definition) is 6. The minimum Gasteiger partial charge on any atom is -0.481 e. The molecule has 1 aromatic carbocycles. The Bertz CT molecular complexity index is 868. The second-order valence-electron chi connectivity index (χ2n) is 6.90. The Morgan fingerprint density at radius 1 is 1.23 bits per heavy atom. The summed E-state index contributed by atoms with van der Waals surface area (Å²) in [6.07, 6.45) is 3.07. The topological polar surface area (TPSA) is 75.0 Å². The summed E-state index contributed by atoms with van der Waals surface area (Å²) in [5, 5.41) is 0. The Labute approximate surface area is 151 Å². The summed E-state index contributed by atoms with van der Waals surface area (Å²) >= 11 is 0. The number of fused-ring (bicyclic) bond motifs is 1. The molecular weight excluding hydrogens is 336 g/mol. The molecule has 0 aliphatic carbocycles. The first-order valence-corrected chi connectivity index (χ1v) is 8.20. The fraction of sp³-hybridized carbons (Fsp3) is 0.300. The maximum Gasteiger partial charge on any atom is 0.344 e. The third-order valence-corrected chi connectivity index (χ3v) is 3.62. The Morgan fingerprint density at radius 2 is 2.00 bits per heavy atom. The van der Waals surface area contributed by atoms with E-state index in [1.54, 1.807) is 58.0 Å². The van der Waals surface area contributed by atoms with Gasteiger partial charge in [0.15, 0.2) is 12.4 Å². The molecule has 6 heteroatoms. The van der Waals surface area contributed by atoms with Gasteiger partial charge in [-0.15, -0.1) is 0 Å². The molecule has 0 bridgehead atoms. The van der Waals surface area contributed by atoms with E-state index < -0.39 is 11.6 Å². The number of benzene rings is 1. The summed E-state index contributed by atoms with van der Waals surface area (Å²) in [5.41, 5.74) is 0.515. The second kappa shape index (κ2) is 6.71. The zero-order valence-corrected chi connectivity index (χ0v) is 15.1. The lowest BCUT2D eigenvalue weighted by Crippen LogP contribution is -2.27. The average Bonchev–Trinajstić information content (AvgIpc) is 3.15. The van der Waals surface area contributed by atoms with Crippen molar-refractivity contribution < 1.29 is 28.2 Å². The van der Waals surface area contributed by atoms with Crippen LogP contribution in [0.4, 0.5) is 0 Å². The van der Waals surface area contributed by atoms with Crippen molar-refractivity contribution >= 4 is 17.8 Å². The normalized spacial score (nSPS) is 14.9. The molecule has 136 valence electrons. The van der Waals surface area contributed by atoms with Crippen LogP contribution in [-0.2, 0) is 9.53 Å². The zero-order chi connectivity index (χ0) is 18.9. The van der Waals surface area contributed by atoms with E-state index in [9.17, 15) is 9.59 Å². The molecule has 0 N–H and O–H groups in total. The molecule has 0 unspecified atom stereocenters. The Hall–Kier alpha value is -3.02. The molecule has 1 aromatic heterocycles. The quantitative estimate of drug-likeness (QED) is 0.610. The van der Waals surface area contributed by atoms with Crippen LogP contribution in [0.3, 0.4) is 0 Å². The van der Waals surface area contributed by atoms with Gasteiger partial charge in [-0.2, -0.15) is 0 Å². The number of allylic oxidation sites excluding steroid dienone is 1. The average molecular weight is 356 g/mol. The van der Waals surface area contributed by atoms with Crippen LogP contribution in [-0.4, -0.2) is 24.0 Å². The van der Waals surface area contributed by atoms with E-state index in [2.05, 4.69) is 0 Å². The molecule has 0 saturated heterocycles. The highest BCUT2D eigenvalue weighted by molar-refractivity contribution is 6.14. The van der Waals surface area contributed by atoms with Crippen LogP contribution in [0.5, 0.6) is 11.5 Å². The van der Waals surface area contributed by atoms with Crippen molar-refractivity contribution in [3.05, 3.63) is 53.2 Å². The summed E-state index contributed by atoms with van der Waals surface area (Å²) in [7, 11) is 0. The predicted octanol–water partition coefficient (Wildman–Crippen LogP) is 3.92. The highest BCUT2D eigenvalue weighted by Gasteiger charge is 2.30. The van der Waals surface area contributed by atoms with Gasteiger partial charge < -0.3 is 18.6 Å². The van der Waals surface area contributed by atoms with Gasteiger partial charge in [0, 0.05) is 11.6 Å². The molecular formula is C20H20O6. The number of ketones is 1. The van der Waals surface area contributed by atoms with E-state index in [1.807, 2.05) is 0 Å². The molecule has 2 aromatic rings. The molecule has 26 heavy (non-hydrogen) atoms. The molecule has 6 nitrogen and oxygen atoms in total. The third-order valence-electron chi connectivity index (χ3n) is 3.62. The molecule has 0 radical (unpaired) electrons. The van der Waals surface area contributed by atoms with Gasteiger partial charge in [-0.05, 0) is 52.0 Å². The molecule has 0 spiro atoms. The van der Waals surface area contributed by atoms with Gasteiger partial charge in [0.2, 0.25) is 5.78 Å². The van der Waals surface area contributed by atoms with E-state index in [0.717, 1.165) is 0 Å². The van der Waals surface area contributed by atoms with Crippen molar-refractivity contribution in [2.75, 3.05) is 6.61 Å². The van der Waals surface area contributed by atoms with Crippen molar-refractivity contribution in [3.63, 3.8) is 0 Å². The first-order valence-electron chi connectivity index (χ1n) is 8.20. The smallest absolute Gasteiger partial charge is 0.344 e. The zero-order valence-electron chi connectivity index (χ0n) is 15.1. The van der Waals surface area contributed by atoms with E-state index in [4.69, 9.17) is 18.6 Å². The third kappa shape index (κ3) is 3.79. The minimum absolute atomic E-state index is 0.183. The molecule has 0 fully saturated rings. The molecule has 0 amide bonds. The Morgan fingerprint density at radius 3 is 2.65 bits per heavy atom. The van der Waals surface area contributed by atoms with Crippen LogP contribution in [0.15, 0.2) is 40.7 Å². The molecule has 3 rings (SSSR count). The van der Waals surface area contributed by atoms with Gasteiger partial charge in [-0.25, -0.2) is 4.79 Å². The summed E-state index contributed by atoms with van der Waals surface area (Å²) in [6.45, 7) is 6.92. The molecule has 0 saturated carbocycles. The number of Topliss-reactive ketones (excluding diaryl/α,β-unsaturated/α-hetero) is 1. The van der Waals surface area contributed by atoms with Gasteiger partial charge in [0.1, 0.15) is 22.9 Å². The summed E-state index contributed by atoms with van der Waals surface area (Å²) < 4.78 is 21.7. The summed E-state index contributed by atoms with van der Waals surface area (Å²) in [6, 6.07) is 6.73. The van der Waals surface area contributed by atoms with Crippen molar-refractivity contribution in [2.24, 2.45) is 0 Å². The number of esters is 1. The number of rotatable bonds is 4. The van der Waals surface area contributed by atoms with Gasteiger partial charge in [0.05, 0.1) is 11.8 Å². The van der Waals surface area contributed by atoms with Crippen LogP contribution in [0.25, 0.3) is 6.08 Å². The van der Waals surface area contributed by atoms with Gasteiger partial charge in [0.25, 0.3) is 0 Å². The van der Waals surface area contributed by atoms with Crippen molar-refractivity contribution in [3.8, 4) is 11.5 Å². The van der Waals surface area contributed by atoms with E-state index in [1.165, 1.54) is 6.26 Å². The largest absolute Gasteiger partial charge is 0.481 e. The second-order valence-corrected chi connectivity index (χ2v) is 6.90. The molecule has 2 heterocycles. The standard InChI is InChI=1S/C20H20O6/c1-12-15(24-11-17(21)26-20(2,3)4)8-7-14-18(22)16(25-19(12)14)10-13-6-5-9-23-13/h5-10H,11H2,1-4H3/b16-10-. The lowest BCUT2D eigenvalue weighted by atomic mass is 10.1. The number of carbonyl (C=O) groups is 2. The molecule has 0 atom stereocenters. The van der Waals surface area contributed by atoms with Crippen LogP contribution < -0.4 is 9.47 Å². The monoisotopic (exact) mass is 356 g/mol. The fourth-order valence-corrected chi connectivity index (χ4v) is 2.53. The van der Waals surface area contributed by atoms with Crippen LogP contribution >= 0.6 is 0 Å². The van der Waals surface area contributed by atoms with E-state index >= 15 is 0 Å². The highest BCUT2D eigenvalue weighted by atomic mass is 16.6. The van der Waals surface area contributed by atoms with Crippen molar-refractivity contribution in [1.82, 2.24) is 0 Å². The predicted molar refractivity (Wildman–Crippen MR) is 94.2 cm³/mol. The van der Waals surface area contributed by atoms with Crippen LogP contribution in [0.1, 0.15) is 42.5 Å². The maximum atomic E-state index is 12.5. The Kier molecular flexibility index (Phi) is 4.59. The molecule has 1 aliphatic heterocycles. The number of carbonyl (C=O) groups excluding carboxylic acids is 2. The lowest BCUT2D eigenvalue weighted by Gasteiger charge is -2.19. The van der Waals surface area contributed by atoms with E-state index in [-0.39, 0.29) is 18.1 Å². The van der Waals surface area contributed by atoms with Crippen molar-refractivity contribution in [2.45, 2.75) is 33.3 Å². The SMILES string of the molecule is Cc1c(OCC(=O)OC(C)(C)C)ccc2c1O/C(=C\c1ccco1)C2=O. The fourth-order valence-electron chi connectivity index (χ4n) is 2.53. The minimum atomic E-state index is -0.575. The maximum absolute atomic E-state index is 12.5. The number of hydrogen-bond donors (Lipinski definition) is 0. The lowest BCUT2D eigenvalue weighted by molar-refractivity contribution is -0.157. The van der Waals surface area contributed by atoms with Crippen LogP contribution in [0, 0.1) is 6.92 Å². The first-order chi connectivity index (χ1) is 12.2. The van der Waals surface area contributed by atoms with Gasteiger partial charge in [-0.1, -0.05) is 0 Å². The van der Waals surface area contributed by atoms with Crippen LogP contribution in [0.2, 0.25) is 0 Å². The van der Waals surface area contributed by atoms with Crippen molar-refractivity contribution in [1.29, 1.82) is 0 Å². The Balaban J connectivity index is 1.76. The highest BCUT2D eigenvalue weighted by Crippen LogP contribution is 2.39. The number of ether oxygens (including phenoxy) is 3. The van der Waals surface area contributed by atoms with Gasteiger partial charge >= 0.3 is 5.97 Å². The molecule has 1 aliphatic rings. The number of furan rings is 1. The van der Waals surface area contributed by atoms with E-state index in [0.29, 0.717) is 28.4 Å². The summed E-state index contributed by atoms with van der Waals surface area (Å²) in [5.74, 6) is 0.907. The summed E-state index contributed by atoms with van der Waals surface area (Å²) in [4.78, 5) is 24.3.